The van der Waals surface area contributed by atoms with Crippen molar-refractivity contribution in [3.8, 4) is 0 Å². The molecular formula is C12H14BrNO2. The number of carbonyl (C=O) groups is 1. The highest BCUT2D eigenvalue weighted by Crippen LogP contribution is 2.01. The Morgan fingerprint density at radius 1 is 1.50 bits per heavy atom. The van der Waals surface area contributed by atoms with Gasteiger partial charge in [0.15, 0.2) is 0 Å². The molecule has 0 aliphatic rings. The van der Waals surface area contributed by atoms with Crippen LogP contribution in [-0.2, 0) is 11.3 Å². The number of nitrogens with one attached hydrogen (secondary N) is 1. The van der Waals surface area contributed by atoms with Crippen molar-refractivity contribution in [1.29, 1.82) is 0 Å². The molecule has 0 saturated carbocycles. The Morgan fingerprint density at radius 3 is 2.75 bits per heavy atom. The number of benzene rings is 1. The fraction of sp³-hybridized carbons (Fsp3) is 0.250. The van der Waals surface area contributed by atoms with Gasteiger partial charge in [-0.2, -0.15) is 0 Å². The van der Waals surface area contributed by atoms with E-state index in [1.807, 2.05) is 30.3 Å². The molecule has 1 amide bonds. The second kappa shape index (κ2) is 7.06. The van der Waals surface area contributed by atoms with Gasteiger partial charge in [-0.05, 0) is 5.56 Å². The summed E-state index contributed by atoms with van der Waals surface area (Å²) in [6, 6.07) is 9.43. The van der Waals surface area contributed by atoms with E-state index in [2.05, 4.69) is 27.8 Å². The minimum absolute atomic E-state index is 0.108. The Bertz CT molecular complexity index is 340. The second-order valence-corrected chi connectivity index (χ2v) is 3.85. The first kappa shape index (κ1) is 12.8. The number of halogens is 1. The summed E-state index contributed by atoms with van der Waals surface area (Å²) < 4.78 is 5.04. The third kappa shape index (κ3) is 4.49. The minimum atomic E-state index is -0.437. The van der Waals surface area contributed by atoms with E-state index in [-0.39, 0.29) is 12.6 Å². The molecule has 0 aliphatic heterocycles. The molecule has 0 spiro atoms. The largest absolute Gasteiger partial charge is 0.445 e. The fourth-order valence-electron chi connectivity index (χ4n) is 1.08. The van der Waals surface area contributed by atoms with Gasteiger partial charge in [0.2, 0.25) is 0 Å². The van der Waals surface area contributed by atoms with Crippen molar-refractivity contribution < 1.29 is 9.53 Å². The Kier molecular flexibility index (Phi) is 5.64. The smallest absolute Gasteiger partial charge is 0.407 e. The van der Waals surface area contributed by atoms with E-state index < -0.39 is 6.09 Å². The zero-order valence-corrected chi connectivity index (χ0v) is 10.4. The Labute approximate surface area is 104 Å². The molecule has 1 N–H and O–H groups in total. The molecule has 86 valence electrons. The van der Waals surface area contributed by atoms with Crippen LogP contribution in [0.5, 0.6) is 0 Å². The lowest BCUT2D eigenvalue weighted by atomic mass is 10.2. The van der Waals surface area contributed by atoms with Gasteiger partial charge in [-0.3, -0.25) is 0 Å². The van der Waals surface area contributed by atoms with Crippen molar-refractivity contribution in [3.05, 3.63) is 48.6 Å². The van der Waals surface area contributed by atoms with Crippen molar-refractivity contribution in [2.75, 3.05) is 5.33 Å². The van der Waals surface area contributed by atoms with Crippen LogP contribution < -0.4 is 5.32 Å². The van der Waals surface area contributed by atoms with Crippen LogP contribution in [0, 0.1) is 0 Å². The SMILES string of the molecule is C=CC(CBr)NC(=O)OCc1ccccc1. The van der Waals surface area contributed by atoms with E-state index in [0.717, 1.165) is 5.56 Å². The Balaban J connectivity index is 2.33. The first-order valence-electron chi connectivity index (χ1n) is 4.92. The van der Waals surface area contributed by atoms with Gasteiger partial charge in [0.1, 0.15) is 6.61 Å². The number of alkyl halides is 1. The number of hydrogen-bond acceptors (Lipinski definition) is 2. The van der Waals surface area contributed by atoms with Crippen molar-refractivity contribution in [3.63, 3.8) is 0 Å². The summed E-state index contributed by atoms with van der Waals surface area (Å²) in [7, 11) is 0. The number of amides is 1. The van der Waals surface area contributed by atoms with Gasteiger partial charge in [0.25, 0.3) is 0 Å². The zero-order chi connectivity index (χ0) is 11.8. The monoisotopic (exact) mass is 283 g/mol. The van der Waals surface area contributed by atoms with E-state index in [0.29, 0.717) is 5.33 Å². The fourth-order valence-corrected chi connectivity index (χ4v) is 1.50. The topological polar surface area (TPSA) is 38.3 Å². The molecule has 0 heterocycles. The molecule has 1 atom stereocenters. The highest BCUT2D eigenvalue weighted by molar-refractivity contribution is 9.09. The summed E-state index contributed by atoms with van der Waals surface area (Å²) in [6.45, 7) is 3.88. The molecule has 0 bridgehead atoms. The molecule has 0 aromatic heterocycles. The Hall–Kier alpha value is -1.29. The van der Waals surface area contributed by atoms with Crippen LogP contribution in [0.25, 0.3) is 0 Å². The van der Waals surface area contributed by atoms with Gasteiger partial charge in [-0.15, -0.1) is 6.58 Å². The maximum absolute atomic E-state index is 11.3. The van der Waals surface area contributed by atoms with Crippen LogP contribution in [0.2, 0.25) is 0 Å². The van der Waals surface area contributed by atoms with Crippen molar-refractivity contribution >= 4 is 22.0 Å². The van der Waals surface area contributed by atoms with Gasteiger partial charge >= 0.3 is 6.09 Å². The molecule has 1 aromatic rings. The van der Waals surface area contributed by atoms with Gasteiger partial charge < -0.3 is 10.1 Å². The molecule has 1 unspecified atom stereocenters. The summed E-state index contributed by atoms with van der Waals surface area (Å²) in [5.74, 6) is 0. The normalized spacial score (nSPS) is 11.6. The van der Waals surface area contributed by atoms with Crippen LogP contribution in [0.4, 0.5) is 4.79 Å². The lowest BCUT2D eigenvalue weighted by Crippen LogP contribution is -2.34. The lowest BCUT2D eigenvalue weighted by Gasteiger charge is -2.11. The van der Waals surface area contributed by atoms with Crippen molar-refractivity contribution in [2.45, 2.75) is 12.6 Å². The van der Waals surface area contributed by atoms with Crippen LogP contribution in [0.15, 0.2) is 43.0 Å². The summed E-state index contributed by atoms with van der Waals surface area (Å²) in [4.78, 5) is 11.3. The highest BCUT2D eigenvalue weighted by Gasteiger charge is 2.07. The average molecular weight is 284 g/mol. The number of ether oxygens (including phenoxy) is 1. The molecule has 3 nitrogen and oxygen atoms in total. The molecule has 0 radical (unpaired) electrons. The first-order chi connectivity index (χ1) is 7.76. The Morgan fingerprint density at radius 2 is 2.19 bits per heavy atom. The number of hydrogen-bond donors (Lipinski definition) is 1. The van der Waals surface area contributed by atoms with Crippen LogP contribution in [0.3, 0.4) is 0 Å². The predicted octanol–water partition coefficient (Wildman–Crippen LogP) is 2.86. The summed E-state index contributed by atoms with van der Waals surface area (Å²) in [5.41, 5.74) is 0.964. The molecule has 1 aromatic carbocycles. The molecule has 4 heteroatoms. The molecule has 0 saturated heterocycles. The number of alkyl carbamates (subject to hydrolysis) is 1. The van der Waals surface area contributed by atoms with E-state index in [4.69, 9.17) is 4.74 Å². The molecule has 16 heavy (non-hydrogen) atoms. The van der Waals surface area contributed by atoms with E-state index in [1.165, 1.54) is 0 Å². The van der Waals surface area contributed by atoms with Crippen molar-refractivity contribution in [1.82, 2.24) is 5.32 Å². The molecule has 0 aliphatic carbocycles. The third-order valence-electron chi connectivity index (χ3n) is 1.97. The van der Waals surface area contributed by atoms with Gasteiger partial charge in [-0.25, -0.2) is 4.79 Å². The van der Waals surface area contributed by atoms with Gasteiger partial charge in [-0.1, -0.05) is 52.3 Å². The number of rotatable bonds is 5. The highest BCUT2D eigenvalue weighted by atomic mass is 79.9. The van der Waals surface area contributed by atoms with Crippen LogP contribution >= 0.6 is 15.9 Å². The average Bonchev–Trinajstić information content (AvgIpc) is 2.34. The number of carbonyl (C=O) groups excluding carboxylic acids is 1. The van der Waals surface area contributed by atoms with E-state index >= 15 is 0 Å². The van der Waals surface area contributed by atoms with E-state index in [9.17, 15) is 4.79 Å². The van der Waals surface area contributed by atoms with Crippen molar-refractivity contribution in [2.24, 2.45) is 0 Å². The lowest BCUT2D eigenvalue weighted by molar-refractivity contribution is 0.138. The first-order valence-corrected chi connectivity index (χ1v) is 6.04. The van der Waals surface area contributed by atoms with E-state index in [1.54, 1.807) is 6.08 Å². The quantitative estimate of drug-likeness (QED) is 0.667. The summed E-state index contributed by atoms with van der Waals surface area (Å²) in [6.07, 6.45) is 1.21. The minimum Gasteiger partial charge on any atom is -0.445 e. The molecule has 0 fully saturated rings. The predicted molar refractivity (Wildman–Crippen MR) is 67.5 cm³/mol. The maximum Gasteiger partial charge on any atom is 0.407 e. The second-order valence-electron chi connectivity index (χ2n) is 3.20. The standard InChI is InChI=1S/C12H14BrNO2/c1-2-11(8-13)14-12(15)16-9-10-6-4-3-5-7-10/h2-7,11H,1,8-9H2,(H,14,15). The zero-order valence-electron chi connectivity index (χ0n) is 8.86. The van der Waals surface area contributed by atoms with Gasteiger partial charge in [0, 0.05) is 5.33 Å². The third-order valence-corrected chi connectivity index (χ3v) is 2.66. The summed E-state index contributed by atoms with van der Waals surface area (Å²) >= 11 is 3.26. The maximum atomic E-state index is 11.3. The summed E-state index contributed by atoms with van der Waals surface area (Å²) in [5, 5.41) is 3.28. The van der Waals surface area contributed by atoms with Gasteiger partial charge in [0.05, 0.1) is 6.04 Å². The van der Waals surface area contributed by atoms with Crippen LogP contribution in [0.1, 0.15) is 5.56 Å². The molecule has 1 rings (SSSR count). The van der Waals surface area contributed by atoms with Crippen LogP contribution in [-0.4, -0.2) is 17.5 Å². The molecular weight excluding hydrogens is 270 g/mol.